The van der Waals surface area contributed by atoms with E-state index in [-0.39, 0.29) is 17.8 Å². The van der Waals surface area contributed by atoms with Gasteiger partial charge in [0.25, 0.3) is 5.91 Å². The number of halogens is 1. The second kappa shape index (κ2) is 10.1. The summed E-state index contributed by atoms with van der Waals surface area (Å²) in [6.07, 6.45) is -0.385. The predicted molar refractivity (Wildman–Crippen MR) is 146 cm³/mol. The Bertz CT molecular complexity index is 1480. The highest BCUT2D eigenvalue weighted by atomic mass is 32.1. The standard InChI is InChI=1S/C29H30FN3O4S/c1-19-22(30)9-7-11-24(19)36-27-25(21-8-5-6-10-23(21)33(27)20-12-17-38-18-20)26(34)31-13-15-32(16-14-31)28(35)37-29(2,3)4/h5-12,17-18H,13-16H2,1-4H3. The molecule has 4 aromatic rings. The third-order valence-electron chi connectivity index (χ3n) is 6.45. The molecule has 0 atom stereocenters. The molecule has 1 aliphatic heterocycles. The highest BCUT2D eigenvalue weighted by molar-refractivity contribution is 7.08. The van der Waals surface area contributed by atoms with E-state index in [0.29, 0.717) is 48.9 Å². The average Bonchev–Trinajstić information content (AvgIpc) is 3.51. The Morgan fingerprint density at radius 3 is 2.34 bits per heavy atom. The first-order chi connectivity index (χ1) is 18.1. The van der Waals surface area contributed by atoms with Gasteiger partial charge in [-0.25, -0.2) is 9.18 Å². The Morgan fingerprint density at radius 1 is 0.947 bits per heavy atom. The molecule has 5 rings (SSSR count). The molecule has 7 nitrogen and oxygen atoms in total. The first-order valence-electron chi connectivity index (χ1n) is 12.5. The summed E-state index contributed by atoms with van der Waals surface area (Å²) in [4.78, 5) is 30.0. The van der Waals surface area contributed by atoms with Crippen molar-refractivity contribution in [3.05, 3.63) is 76.2 Å². The van der Waals surface area contributed by atoms with Crippen LogP contribution in [0.3, 0.4) is 0 Å². The lowest BCUT2D eigenvalue weighted by atomic mass is 10.1. The molecule has 0 bridgehead atoms. The number of aromatic nitrogens is 1. The van der Waals surface area contributed by atoms with Crippen molar-refractivity contribution in [2.45, 2.75) is 33.3 Å². The van der Waals surface area contributed by atoms with E-state index >= 15 is 0 Å². The molecular weight excluding hydrogens is 505 g/mol. The third-order valence-corrected chi connectivity index (χ3v) is 7.12. The van der Waals surface area contributed by atoms with Crippen molar-refractivity contribution >= 4 is 34.2 Å². The molecular formula is C29H30FN3O4S. The third kappa shape index (κ3) is 4.98. The number of carbonyl (C=O) groups is 2. The molecule has 9 heteroatoms. The zero-order valence-corrected chi connectivity index (χ0v) is 22.7. The van der Waals surface area contributed by atoms with E-state index in [4.69, 9.17) is 9.47 Å². The van der Waals surface area contributed by atoms with Crippen LogP contribution in [0.1, 0.15) is 36.7 Å². The van der Waals surface area contributed by atoms with Crippen LogP contribution in [-0.2, 0) is 4.74 Å². The van der Waals surface area contributed by atoms with E-state index in [1.54, 1.807) is 28.9 Å². The van der Waals surface area contributed by atoms with Gasteiger partial charge < -0.3 is 19.3 Å². The molecule has 1 saturated heterocycles. The second-order valence-electron chi connectivity index (χ2n) is 10.2. The summed E-state index contributed by atoms with van der Waals surface area (Å²) in [5.74, 6) is 0.0841. The number of fused-ring (bicyclic) bond motifs is 1. The summed E-state index contributed by atoms with van der Waals surface area (Å²) in [5, 5.41) is 4.67. The lowest BCUT2D eigenvalue weighted by Gasteiger charge is -2.35. The monoisotopic (exact) mass is 535 g/mol. The van der Waals surface area contributed by atoms with Crippen LogP contribution in [0.15, 0.2) is 59.3 Å². The quantitative estimate of drug-likeness (QED) is 0.294. The van der Waals surface area contributed by atoms with Gasteiger partial charge in [-0.15, -0.1) is 0 Å². The summed E-state index contributed by atoms with van der Waals surface area (Å²) in [5.41, 5.74) is 1.84. The van der Waals surface area contributed by atoms with Gasteiger partial charge in [-0.05, 0) is 57.3 Å². The number of ether oxygens (including phenoxy) is 2. The molecule has 0 unspecified atom stereocenters. The Hall–Kier alpha value is -3.85. The molecule has 1 aliphatic rings. The van der Waals surface area contributed by atoms with Crippen LogP contribution >= 0.6 is 11.3 Å². The summed E-state index contributed by atoms with van der Waals surface area (Å²) >= 11 is 1.53. The van der Waals surface area contributed by atoms with E-state index in [9.17, 15) is 14.0 Å². The Balaban J connectivity index is 1.54. The van der Waals surface area contributed by atoms with Crippen LogP contribution in [0.25, 0.3) is 16.6 Å². The number of hydrogen-bond acceptors (Lipinski definition) is 5. The predicted octanol–water partition coefficient (Wildman–Crippen LogP) is 6.62. The number of nitrogens with zero attached hydrogens (tertiary/aromatic N) is 3. The van der Waals surface area contributed by atoms with Crippen LogP contribution < -0.4 is 4.74 Å². The van der Waals surface area contributed by atoms with Gasteiger partial charge >= 0.3 is 6.09 Å². The fraction of sp³-hybridized carbons (Fsp3) is 0.310. The largest absolute Gasteiger partial charge is 0.444 e. The molecule has 0 N–H and O–H groups in total. The molecule has 2 amide bonds. The van der Waals surface area contributed by atoms with Crippen molar-refractivity contribution < 1.29 is 23.5 Å². The molecule has 0 radical (unpaired) electrons. The van der Waals surface area contributed by atoms with E-state index in [1.165, 1.54) is 17.4 Å². The molecule has 0 spiro atoms. The Kier molecular flexibility index (Phi) is 6.88. The Labute approximate surface area is 225 Å². The highest BCUT2D eigenvalue weighted by Gasteiger charge is 2.33. The topological polar surface area (TPSA) is 64.0 Å². The average molecular weight is 536 g/mol. The maximum atomic E-state index is 14.4. The first kappa shape index (κ1) is 25.8. The molecule has 2 aromatic carbocycles. The van der Waals surface area contributed by atoms with E-state index in [0.717, 1.165) is 16.6 Å². The van der Waals surface area contributed by atoms with Crippen LogP contribution in [0, 0.1) is 12.7 Å². The number of para-hydroxylation sites is 1. The minimum absolute atomic E-state index is 0.205. The van der Waals surface area contributed by atoms with Crippen molar-refractivity contribution in [1.82, 2.24) is 14.4 Å². The number of thiophene rings is 1. The SMILES string of the molecule is Cc1c(F)cccc1Oc1c(C(=O)N2CCN(C(=O)OC(C)(C)C)CC2)c2ccccc2n1-c1ccsc1. The van der Waals surface area contributed by atoms with Gasteiger partial charge in [-0.2, -0.15) is 11.3 Å². The van der Waals surface area contributed by atoms with Gasteiger partial charge in [0.15, 0.2) is 0 Å². The van der Waals surface area contributed by atoms with E-state index in [1.807, 2.05) is 66.4 Å². The number of piperazine rings is 1. The summed E-state index contributed by atoms with van der Waals surface area (Å²) in [7, 11) is 0. The van der Waals surface area contributed by atoms with Crippen molar-refractivity contribution in [2.75, 3.05) is 26.2 Å². The lowest BCUT2D eigenvalue weighted by molar-refractivity contribution is 0.0140. The number of hydrogen-bond donors (Lipinski definition) is 0. The van der Waals surface area contributed by atoms with Crippen LogP contribution in [-0.4, -0.2) is 58.1 Å². The summed E-state index contributed by atoms with van der Waals surface area (Å²) in [6.45, 7) is 8.58. The number of rotatable bonds is 4. The van der Waals surface area contributed by atoms with Crippen molar-refractivity contribution in [2.24, 2.45) is 0 Å². The summed E-state index contributed by atoms with van der Waals surface area (Å²) < 4.78 is 28.2. The second-order valence-corrected chi connectivity index (χ2v) is 11.0. The smallest absolute Gasteiger partial charge is 0.410 e. The Morgan fingerprint density at radius 2 is 1.66 bits per heavy atom. The minimum Gasteiger partial charge on any atom is -0.444 e. The molecule has 1 fully saturated rings. The van der Waals surface area contributed by atoms with Gasteiger partial charge in [0.2, 0.25) is 5.88 Å². The van der Waals surface area contributed by atoms with Gasteiger partial charge in [-0.1, -0.05) is 24.3 Å². The van der Waals surface area contributed by atoms with Crippen LogP contribution in [0.5, 0.6) is 11.6 Å². The van der Waals surface area contributed by atoms with Crippen molar-refractivity contribution in [1.29, 1.82) is 0 Å². The highest BCUT2D eigenvalue weighted by Crippen LogP contribution is 2.40. The fourth-order valence-electron chi connectivity index (χ4n) is 4.54. The van der Waals surface area contributed by atoms with Gasteiger partial charge in [-0.3, -0.25) is 9.36 Å². The maximum Gasteiger partial charge on any atom is 0.410 e. The number of carbonyl (C=O) groups excluding carboxylic acids is 2. The summed E-state index contributed by atoms with van der Waals surface area (Å²) in [6, 6.07) is 14.3. The zero-order valence-electron chi connectivity index (χ0n) is 21.9. The molecule has 0 aliphatic carbocycles. The fourth-order valence-corrected chi connectivity index (χ4v) is 5.16. The van der Waals surface area contributed by atoms with E-state index in [2.05, 4.69) is 0 Å². The molecule has 2 aromatic heterocycles. The van der Waals surface area contributed by atoms with Crippen molar-refractivity contribution in [3.8, 4) is 17.3 Å². The normalized spacial score (nSPS) is 14.1. The molecule has 0 saturated carbocycles. The molecule has 38 heavy (non-hydrogen) atoms. The number of benzene rings is 2. The lowest BCUT2D eigenvalue weighted by Crippen LogP contribution is -2.51. The van der Waals surface area contributed by atoms with Crippen LogP contribution in [0.4, 0.5) is 9.18 Å². The molecule has 3 heterocycles. The first-order valence-corrected chi connectivity index (χ1v) is 13.4. The van der Waals surface area contributed by atoms with Crippen LogP contribution in [0.2, 0.25) is 0 Å². The van der Waals surface area contributed by atoms with E-state index < -0.39 is 5.60 Å². The minimum atomic E-state index is -0.588. The van der Waals surface area contributed by atoms with Gasteiger partial charge in [0, 0.05) is 42.5 Å². The molecule has 198 valence electrons. The van der Waals surface area contributed by atoms with Gasteiger partial charge in [0.1, 0.15) is 22.7 Å². The van der Waals surface area contributed by atoms with Gasteiger partial charge in [0.05, 0.1) is 11.2 Å². The van der Waals surface area contributed by atoms with Crippen molar-refractivity contribution in [3.63, 3.8) is 0 Å². The number of amides is 2. The maximum absolute atomic E-state index is 14.4. The zero-order chi connectivity index (χ0) is 27.0.